The van der Waals surface area contributed by atoms with Crippen molar-refractivity contribution >= 4 is 33.9 Å². The van der Waals surface area contributed by atoms with Crippen LogP contribution in [0.3, 0.4) is 0 Å². The standard InChI is InChI=1S/C17H15N3O3S2/c1-22-12-5-4-10-7-11(9-23-13(10)8-12)16(21)19-17-18-15(20-25-17)14-3-2-6-24-14/h2-6,8,11H,7,9H2,1H3,(H,18,19,20,21)/t11-/m0/s1. The van der Waals surface area contributed by atoms with Crippen molar-refractivity contribution in [2.45, 2.75) is 6.42 Å². The van der Waals surface area contributed by atoms with Crippen LogP contribution in [-0.4, -0.2) is 29.0 Å². The van der Waals surface area contributed by atoms with Crippen molar-refractivity contribution in [1.29, 1.82) is 0 Å². The molecule has 0 saturated carbocycles. The molecule has 0 saturated heterocycles. The van der Waals surface area contributed by atoms with Crippen LogP contribution >= 0.6 is 22.9 Å². The average Bonchev–Trinajstić information content (AvgIpc) is 3.32. The minimum Gasteiger partial charge on any atom is -0.497 e. The lowest BCUT2D eigenvalue weighted by molar-refractivity contribution is -0.121. The van der Waals surface area contributed by atoms with Gasteiger partial charge in [0.1, 0.15) is 18.1 Å². The van der Waals surface area contributed by atoms with Gasteiger partial charge >= 0.3 is 0 Å². The maximum Gasteiger partial charge on any atom is 0.233 e. The van der Waals surface area contributed by atoms with Gasteiger partial charge in [-0.2, -0.15) is 9.36 Å². The number of carbonyl (C=O) groups is 1. The van der Waals surface area contributed by atoms with E-state index in [2.05, 4.69) is 14.7 Å². The first-order valence-electron chi connectivity index (χ1n) is 7.71. The SMILES string of the molecule is COc1ccc2c(c1)OC[C@@H](C(=O)Nc1nc(-c3cccs3)ns1)C2. The van der Waals surface area contributed by atoms with Crippen molar-refractivity contribution in [2.75, 3.05) is 19.0 Å². The van der Waals surface area contributed by atoms with Gasteiger partial charge in [0.2, 0.25) is 11.0 Å². The molecule has 0 unspecified atom stereocenters. The summed E-state index contributed by atoms with van der Waals surface area (Å²) in [5, 5.41) is 5.33. The van der Waals surface area contributed by atoms with E-state index in [9.17, 15) is 4.79 Å². The van der Waals surface area contributed by atoms with Crippen molar-refractivity contribution in [3.8, 4) is 22.2 Å². The molecule has 1 atom stereocenters. The lowest BCUT2D eigenvalue weighted by Crippen LogP contribution is -2.32. The van der Waals surface area contributed by atoms with E-state index in [0.29, 0.717) is 24.0 Å². The number of nitrogens with one attached hydrogen (secondary N) is 1. The smallest absolute Gasteiger partial charge is 0.233 e. The highest BCUT2D eigenvalue weighted by Crippen LogP contribution is 2.32. The van der Waals surface area contributed by atoms with E-state index in [1.54, 1.807) is 18.4 Å². The van der Waals surface area contributed by atoms with Crippen LogP contribution in [0.15, 0.2) is 35.7 Å². The van der Waals surface area contributed by atoms with Gasteiger partial charge in [-0.3, -0.25) is 4.79 Å². The summed E-state index contributed by atoms with van der Waals surface area (Å²) in [7, 11) is 1.62. The van der Waals surface area contributed by atoms with Gasteiger partial charge < -0.3 is 14.8 Å². The second-order valence-corrected chi connectivity index (χ2v) is 7.27. The topological polar surface area (TPSA) is 73.3 Å². The number of fused-ring (bicyclic) bond motifs is 1. The van der Waals surface area contributed by atoms with E-state index in [1.807, 2.05) is 35.7 Å². The molecule has 0 radical (unpaired) electrons. The Kier molecular flexibility index (Phi) is 4.37. The van der Waals surface area contributed by atoms with Crippen molar-refractivity contribution in [2.24, 2.45) is 5.92 Å². The Hall–Kier alpha value is -2.45. The number of ether oxygens (including phenoxy) is 2. The van der Waals surface area contributed by atoms with Gasteiger partial charge in [0.25, 0.3) is 0 Å². The van der Waals surface area contributed by atoms with E-state index < -0.39 is 0 Å². The molecule has 128 valence electrons. The molecule has 4 rings (SSSR count). The number of benzene rings is 1. The summed E-state index contributed by atoms with van der Waals surface area (Å²) in [4.78, 5) is 17.9. The molecule has 1 amide bonds. The number of carbonyl (C=O) groups excluding carboxylic acids is 1. The van der Waals surface area contributed by atoms with Gasteiger partial charge in [-0.05, 0) is 29.5 Å². The number of methoxy groups -OCH3 is 1. The van der Waals surface area contributed by atoms with Gasteiger partial charge in [-0.15, -0.1) is 11.3 Å². The summed E-state index contributed by atoms with van der Waals surface area (Å²) >= 11 is 2.76. The third-order valence-electron chi connectivity index (χ3n) is 3.95. The molecule has 2 aromatic heterocycles. The van der Waals surface area contributed by atoms with E-state index in [0.717, 1.165) is 21.9 Å². The summed E-state index contributed by atoms with van der Waals surface area (Å²) in [6, 6.07) is 9.57. The molecule has 3 heterocycles. The molecule has 1 aliphatic heterocycles. The van der Waals surface area contributed by atoms with Crippen LogP contribution in [0.25, 0.3) is 10.7 Å². The molecule has 0 spiro atoms. The Bertz CT molecular complexity index is 892. The maximum absolute atomic E-state index is 12.5. The van der Waals surface area contributed by atoms with Gasteiger partial charge in [0.15, 0.2) is 5.82 Å². The fourth-order valence-electron chi connectivity index (χ4n) is 2.64. The highest BCUT2D eigenvalue weighted by Gasteiger charge is 2.27. The second kappa shape index (κ2) is 6.81. The zero-order valence-electron chi connectivity index (χ0n) is 13.4. The number of rotatable bonds is 4. The molecule has 0 bridgehead atoms. The summed E-state index contributed by atoms with van der Waals surface area (Å²) in [6.45, 7) is 0.336. The molecule has 25 heavy (non-hydrogen) atoms. The quantitative estimate of drug-likeness (QED) is 0.758. The summed E-state index contributed by atoms with van der Waals surface area (Å²) < 4.78 is 15.2. The predicted molar refractivity (Wildman–Crippen MR) is 97.5 cm³/mol. The Morgan fingerprint density at radius 3 is 3.12 bits per heavy atom. The largest absolute Gasteiger partial charge is 0.497 e. The first kappa shape index (κ1) is 16.0. The highest BCUT2D eigenvalue weighted by molar-refractivity contribution is 7.14. The van der Waals surface area contributed by atoms with Crippen LogP contribution in [0.1, 0.15) is 5.56 Å². The van der Waals surface area contributed by atoms with Crippen LogP contribution in [-0.2, 0) is 11.2 Å². The van der Waals surface area contributed by atoms with Crippen LogP contribution in [0.4, 0.5) is 5.13 Å². The van der Waals surface area contributed by atoms with Crippen LogP contribution in [0.5, 0.6) is 11.5 Å². The third kappa shape index (κ3) is 3.35. The number of amides is 1. The number of thiophene rings is 1. The lowest BCUT2D eigenvalue weighted by Gasteiger charge is -2.24. The Morgan fingerprint density at radius 1 is 1.40 bits per heavy atom. The molecule has 8 heteroatoms. The monoisotopic (exact) mass is 373 g/mol. The van der Waals surface area contributed by atoms with Crippen molar-refractivity contribution in [3.63, 3.8) is 0 Å². The Balaban J connectivity index is 1.43. The van der Waals surface area contributed by atoms with Crippen LogP contribution in [0.2, 0.25) is 0 Å². The minimum absolute atomic E-state index is 0.102. The summed E-state index contributed by atoms with van der Waals surface area (Å²) in [5.41, 5.74) is 1.00. The van der Waals surface area contributed by atoms with E-state index in [4.69, 9.17) is 9.47 Å². The number of aromatic nitrogens is 2. The second-order valence-electron chi connectivity index (χ2n) is 5.58. The maximum atomic E-state index is 12.5. The fourth-order valence-corrected chi connectivity index (χ4v) is 3.94. The number of hydrogen-bond acceptors (Lipinski definition) is 7. The predicted octanol–water partition coefficient (Wildman–Crippen LogP) is 3.47. The number of nitrogens with zero attached hydrogens (tertiary/aromatic N) is 2. The molecule has 6 nitrogen and oxygen atoms in total. The van der Waals surface area contributed by atoms with Gasteiger partial charge in [-0.25, -0.2) is 0 Å². The molecular formula is C17H15N3O3S2. The zero-order chi connectivity index (χ0) is 17.2. The molecule has 0 aliphatic carbocycles. The Morgan fingerprint density at radius 2 is 2.32 bits per heavy atom. The van der Waals surface area contributed by atoms with Crippen molar-refractivity contribution < 1.29 is 14.3 Å². The highest BCUT2D eigenvalue weighted by atomic mass is 32.1. The third-order valence-corrected chi connectivity index (χ3v) is 5.45. The van der Waals surface area contributed by atoms with Crippen LogP contribution < -0.4 is 14.8 Å². The van der Waals surface area contributed by atoms with Crippen molar-refractivity contribution in [1.82, 2.24) is 9.36 Å². The summed E-state index contributed by atoms with van der Waals surface area (Å²) in [5.74, 6) is 1.81. The molecule has 1 aliphatic rings. The minimum atomic E-state index is -0.255. The van der Waals surface area contributed by atoms with E-state index in [1.165, 1.54) is 11.5 Å². The molecule has 3 aromatic rings. The molecule has 0 fully saturated rings. The van der Waals surface area contributed by atoms with E-state index in [-0.39, 0.29) is 11.8 Å². The lowest BCUT2D eigenvalue weighted by atomic mass is 9.96. The Labute approximate surface area is 152 Å². The van der Waals surface area contributed by atoms with Crippen LogP contribution in [0, 0.1) is 5.92 Å². The number of hydrogen-bond donors (Lipinski definition) is 1. The fraction of sp³-hybridized carbons (Fsp3) is 0.235. The molecular weight excluding hydrogens is 358 g/mol. The average molecular weight is 373 g/mol. The van der Waals surface area contributed by atoms with Gasteiger partial charge in [0, 0.05) is 17.6 Å². The molecule has 1 aromatic carbocycles. The van der Waals surface area contributed by atoms with Gasteiger partial charge in [-0.1, -0.05) is 12.1 Å². The molecule has 1 N–H and O–H groups in total. The first-order valence-corrected chi connectivity index (χ1v) is 9.36. The van der Waals surface area contributed by atoms with E-state index >= 15 is 0 Å². The normalized spacial score (nSPS) is 16.0. The first-order chi connectivity index (χ1) is 12.2. The summed E-state index contributed by atoms with van der Waals surface area (Å²) in [6.07, 6.45) is 0.627. The number of anilines is 1. The van der Waals surface area contributed by atoms with Crippen molar-refractivity contribution in [3.05, 3.63) is 41.3 Å². The van der Waals surface area contributed by atoms with Gasteiger partial charge in [0.05, 0.1) is 17.9 Å². The zero-order valence-corrected chi connectivity index (χ0v) is 15.0.